The van der Waals surface area contributed by atoms with Crippen molar-refractivity contribution >= 4 is 35.0 Å². The molecule has 5 rings (SSSR count). The number of anilines is 1. The van der Waals surface area contributed by atoms with Crippen LogP contribution >= 0.6 is 23.4 Å². The van der Waals surface area contributed by atoms with Crippen LogP contribution in [0.3, 0.4) is 0 Å². The maximum absolute atomic E-state index is 13.2. The largest absolute Gasteiger partial charge is 0.365 e. The molecule has 2 aromatic carbocycles. The van der Waals surface area contributed by atoms with Crippen molar-refractivity contribution in [1.82, 2.24) is 4.90 Å². The molecule has 0 unspecified atom stereocenters. The second-order valence-corrected chi connectivity index (χ2v) is 9.55. The molecule has 1 spiro atoms. The molecule has 2 saturated heterocycles. The third-order valence-corrected chi connectivity index (χ3v) is 7.37. The molecule has 3 heterocycles. The summed E-state index contributed by atoms with van der Waals surface area (Å²) in [5, 5.41) is 0.748. The summed E-state index contributed by atoms with van der Waals surface area (Å²) in [6.45, 7) is 4.40. The summed E-state index contributed by atoms with van der Waals surface area (Å²) in [4.78, 5) is 18.7. The summed E-state index contributed by atoms with van der Waals surface area (Å²) < 4.78 is 11.6. The van der Waals surface area contributed by atoms with Crippen molar-refractivity contribution < 1.29 is 14.3 Å². The predicted molar refractivity (Wildman–Crippen MR) is 119 cm³/mol. The van der Waals surface area contributed by atoms with Crippen molar-refractivity contribution in [3.8, 4) is 0 Å². The van der Waals surface area contributed by atoms with Gasteiger partial charge in [-0.15, -0.1) is 11.8 Å². The van der Waals surface area contributed by atoms with E-state index in [2.05, 4.69) is 29.2 Å². The Morgan fingerprint density at radius 1 is 1.03 bits per heavy atom. The van der Waals surface area contributed by atoms with Crippen LogP contribution in [0.25, 0.3) is 0 Å². The Kier molecular flexibility index (Phi) is 5.67. The van der Waals surface area contributed by atoms with Gasteiger partial charge in [-0.2, -0.15) is 0 Å². The molecule has 0 bridgehead atoms. The maximum atomic E-state index is 13.2. The van der Waals surface area contributed by atoms with Crippen LogP contribution in [0.4, 0.5) is 5.69 Å². The van der Waals surface area contributed by atoms with Crippen molar-refractivity contribution in [1.29, 1.82) is 0 Å². The lowest BCUT2D eigenvalue weighted by atomic mass is 10.0. The Morgan fingerprint density at radius 3 is 2.50 bits per heavy atom. The summed E-state index contributed by atoms with van der Waals surface area (Å²) in [6, 6.07) is 14.1. The minimum atomic E-state index is -0.460. The van der Waals surface area contributed by atoms with Crippen molar-refractivity contribution in [2.75, 3.05) is 43.5 Å². The van der Waals surface area contributed by atoms with Crippen LogP contribution in [-0.4, -0.2) is 55.2 Å². The highest BCUT2D eigenvalue weighted by molar-refractivity contribution is 7.99. The first-order valence-electron chi connectivity index (χ1n) is 10.5. The van der Waals surface area contributed by atoms with E-state index in [1.54, 1.807) is 0 Å². The lowest BCUT2D eigenvalue weighted by molar-refractivity contribution is -0.181. The molecule has 3 aliphatic heterocycles. The fraction of sp³-hybridized carbons (Fsp3) is 0.435. The summed E-state index contributed by atoms with van der Waals surface area (Å²) in [5.74, 6) is 0.674. The molecule has 30 heavy (non-hydrogen) atoms. The van der Waals surface area contributed by atoms with E-state index in [4.69, 9.17) is 21.1 Å². The number of thioether (sulfide) groups is 1. The average Bonchev–Trinajstić information content (AvgIpc) is 3.23. The maximum Gasteiger partial charge on any atom is 0.253 e. The lowest BCUT2D eigenvalue weighted by Gasteiger charge is -2.38. The number of rotatable bonds is 3. The second-order valence-electron chi connectivity index (χ2n) is 7.98. The van der Waals surface area contributed by atoms with Crippen LogP contribution in [0.5, 0.6) is 0 Å². The summed E-state index contributed by atoms with van der Waals surface area (Å²) >= 11 is 7.88. The Balaban J connectivity index is 1.32. The van der Waals surface area contributed by atoms with Gasteiger partial charge in [0.25, 0.3) is 5.91 Å². The summed E-state index contributed by atoms with van der Waals surface area (Å²) in [6.07, 6.45) is 1.48. The predicted octanol–water partition coefficient (Wildman–Crippen LogP) is 4.43. The molecule has 5 nitrogen and oxygen atoms in total. The number of carbonyl (C=O) groups is 1. The molecule has 0 saturated carbocycles. The molecule has 0 atom stereocenters. The monoisotopic (exact) mass is 444 g/mol. The number of ether oxygens (including phenoxy) is 2. The second kappa shape index (κ2) is 8.42. The Hall–Kier alpha value is -1.73. The number of hydrogen-bond donors (Lipinski definition) is 0. The molecule has 0 aromatic heterocycles. The smallest absolute Gasteiger partial charge is 0.253 e. The molecular weight excluding hydrogens is 420 g/mol. The third-order valence-electron chi connectivity index (χ3n) is 6.08. The van der Waals surface area contributed by atoms with Gasteiger partial charge in [-0.3, -0.25) is 4.79 Å². The van der Waals surface area contributed by atoms with E-state index >= 15 is 0 Å². The first kappa shape index (κ1) is 20.2. The first-order chi connectivity index (χ1) is 14.6. The van der Waals surface area contributed by atoms with Gasteiger partial charge in [0, 0.05) is 60.3 Å². The van der Waals surface area contributed by atoms with E-state index in [0.29, 0.717) is 26.3 Å². The van der Waals surface area contributed by atoms with Gasteiger partial charge in [0.15, 0.2) is 5.79 Å². The average molecular weight is 445 g/mol. The van der Waals surface area contributed by atoms with E-state index in [-0.39, 0.29) is 5.91 Å². The molecule has 0 radical (unpaired) electrons. The Morgan fingerprint density at radius 2 is 1.77 bits per heavy atom. The molecule has 0 aliphatic carbocycles. The number of carbonyl (C=O) groups excluding carboxylic acids is 1. The number of fused-ring (bicyclic) bond motifs is 1. The number of amides is 1. The highest BCUT2D eigenvalue weighted by atomic mass is 35.5. The standard InChI is InChI=1S/C23H25ClN2O3S/c24-19-4-1-17(2-5-19)16-26-11-14-30-21-6-3-18(15-20(21)26)22(27)25-9-7-23(8-10-25)28-12-13-29-23/h1-6,15H,7-14,16H2. The van der Waals surface area contributed by atoms with Gasteiger partial charge in [-0.25, -0.2) is 0 Å². The molecule has 7 heteroatoms. The van der Waals surface area contributed by atoms with E-state index in [0.717, 1.165) is 48.0 Å². The number of hydrogen-bond acceptors (Lipinski definition) is 5. The SMILES string of the molecule is O=C(c1ccc2c(c1)N(Cc1ccc(Cl)cc1)CCS2)N1CCC2(CC1)OCCO2. The van der Waals surface area contributed by atoms with Gasteiger partial charge in [-0.1, -0.05) is 23.7 Å². The molecule has 2 fully saturated rings. The van der Waals surface area contributed by atoms with Gasteiger partial charge in [0.2, 0.25) is 0 Å². The first-order valence-corrected chi connectivity index (χ1v) is 11.8. The zero-order valence-electron chi connectivity index (χ0n) is 16.8. The lowest BCUT2D eigenvalue weighted by Crippen LogP contribution is -2.47. The van der Waals surface area contributed by atoms with E-state index in [9.17, 15) is 4.79 Å². The van der Waals surface area contributed by atoms with Crippen molar-refractivity contribution in [3.63, 3.8) is 0 Å². The van der Waals surface area contributed by atoms with Gasteiger partial charge in [0.1, 0.15) is 0 Å². The molecule has 3 aliphatic rings. The molecule has 158 valence electrons. The minimum Gasteiger partial charge on any atom is -0.365 e. The number of piperidine rings is 1. The molecule has 2 aromatic rings. The number of nitrogens with zero attached hydrogens (tertiary/aromatic N) is 2. The number of benzene rings is 2. The highest BCUT2D eigenvalue weighted by Crippen LogP contribution is 2.37. The van der Waals surface area contributed by atoms with Crippen LogP contribution < -0.4 is 4.90 Å². The van der Waals surface area contributed by atoms with Gasteiger partial charge < -0.3 is 19.3 Å². The number of likely N-dealkylation sites (tertiary alicyclic amines) is 1. The molecule has 1 amide bonds. The molecule has 0 N–H and O–H groups in total. The van der Waals surface area contributed by atoms with Gasteiger partial charge >= 0.3 is 0 Å². The fourth-order valence-corrected chi connectivity index (χ4v) is 5.56. The summed E-state index contributed by atoms with van der Waals surface area (Å²) in [7, 11) is 0. The van der Waals surface area contributed by atoms with Gasteiger partial charge in [0.05, 0.1) is 18.9 Å². The van der Waals surface area contributed by atoms with E-state index < -0.39 is 5.79 Å². The minimum absolute atomic E-state index is 0.0904. The van der Waals surface area contributed by atoms with Crippen molar-refractivity contribution in [2.45, 2.75) is 30.1 Å². The van der Waals surface area contributed by atoms with Crippen LogP contribution in [0.2, 0.25) is 5.02 Å². The third kappa shape index (κ3) is 4.06. The highest BCUT2D eigenvalue weighted by Gasteiger charge is 2.41. The van der Waals surface area contributed by atoms with Crippen LogP contribution in [0.1, 0.15) is 28.8 Å². The van der Waals surface area contributed by atoms with Gasteiger partial charge in [-0.05, 0) is 35.9 Å². The molecular formula is C23H25ClN2O3S. The zero-order chi connectivity index (χ0) is 20.6. The van der Waals surface area contributed by atoms with Crippen molar-refractivity contribution in [3.05, 3.63) is 58.6 Å². The Bertz CT molecular complexity index is 921. The van der Waals surface area contributed by atoms with Crippen LogP contribution in [-0.2, 0) is 16.0 Å². The Labute approximate surface area is 186 Å². The quantitative estimate of drug-likeness (QED) is 0.700. The van der Waals surface area contributed by atoms with Crippen molar-refractivity contribution in [2.24, 2.45) is 0 Å². The van der Waals surface area contributed by atoms with E-state index in [1.165, 1.54) is 10.5 Å². The number of halogens is 1. The van der Waals surface area contributed by atoms with E-state index in [1.807, 2.05) is 34.9 Å². The zero-order valence-corrected chi connectivity index (χ0v) is 18.4. The fourth-order valence-electron chi connectivity index (χ4n) is 4.40. The topological polar surface area (TPSA) is 42.0 Å². The summed E-state index contributed by atoms with van der Waals surface area (Å²) in [5.41, 5.74) is 3.11. The van der Waals surface area contributed by atoms with Crippen LogP contribution in [0.15, 0.2) is 47.4 Å². The van der Waals surface area contributed by atoms with Crippen LogP contribution in [0, 0.1) is 0 Å². The normalized spacial score (nSPS) is 20.4.